The van der Waals surface area contributed by atoms with Crippen molar-refractivity contribution in [3.8, 4) is 0 Å². The first-order valence-corrected chi connectivity index (χ1v) is 8.38. The minimum atomic E-state index is -0.315. The lowest BCUT2D eigenvalue weighted by Crippen LogP contribution is -2.45. The minimum absolute atomic E-state index is 0.241. The van der Waals surface area contributed by atoms with E-state index in [0.717, 1.165) is 21.9 Å². The Morgan fingerprint density at radius 3 is 2.52 bits per heavy atom. The first-order chi connectivity index (χ1) is 11.3. The fraction of sp³-hybridized carbons (Fsp3) is 0.211. The molecule has 0 amide bonds. The van der Waals surface area contributed by atoms with Crippen molar-refractivity contribution in [2.75, 3.05) is 13.2 Å². The van der Waals surface area contributed by atoms with E-state index >= 15 is 0 Å². The molecule has 0 aliphatic carbocycles. The largest absolute Gasteiger partial charge is 0.369 e. The zero-order chi connectivity index (χ0) is 16.1. The number of benzene rings is 2. The second-order valence-corrected chi connectivity index (χ2v) is 6.35. The summed E-state index contributed by atoms with van der Waals surface area (Å²) in [6, 6.07) is 17.7. The Morgan fingerprint density at radius 1 is 1.09 bits per heavy atom. The number of morpholine rings is 1. The Balaban J connectivity index is 1.80. The second kappa shape index (κ2) is 7.57. The summed E-state index contributed by atoms with van der Waals surface area (Å²) in [6.45, 7) is 1.31. The number of nitrogens with zero attached hydrogens (tertiary/aromatic N) is 1. The molecule has 2 unspecified atom stereocenters. The average Bonchev–Trinajstić information content (AvgIpc) is 2.61. The van der Waals surface area contributed by atoms with Crippen LogP contribution in [0.1, 0.15) is 17.2 Å². The van der Waals surface area contributed by atoms with Gasteiger partial charge in [-0.3, -0.25) is 0 Å². The molecule has 23 heavy (non-hydrogen) atoms. The van der Waals surface area contributed by atoms with Crippen molar-refractivity contribution in [1.29, 1.82) is 0 Å². The van der Waals surface area contributed by atoms with Crippen LogP contribution in [0.3, 0.4) is 0 Å². The number of aldehydes is 1. The lowest BCUT2D eigenvalue weighted by atomic mass is 10.0. The van der Waals surface area contributed by atoms with Gasteiger partial charge in [-0.2, -0.15) is 0 Å². The highest BCUT2D eigenvalue weighted by atomic mass is 79.9. The van der Waals surface area contributed by atoms with Gasteiger partial charge in [-0.1, -0.05) is 58.4 Å². The van der Waals surface area contributed by atoms with Crippen molar-refractivity contribution in [2.45, 2.75) is 12.1 Å². The van der Waals surface area contributed by atoms with E-state index in [1.807, 2.05) is 66.9 Å². The molecule has 1 heterocycles. The van der Waals surface area contributed by atoms with Crippen molar-refractivity contribution in [1.82, 2.24) is 4.90 Å². The van der Waals surface area contributed by atoms with Gasteiger partial charge in [0.25, 0.3) is 0 Å². The number of rotatable bonds is 4. The van der Waals surface area contributed by atoms with Crippen LogP contribution in [0.25, 0.3) is 6.08 Å². The minimum Gasteiger partial charge on any atom is -0.369 e. The molecular weight excluding hydrogens is 354 g/mol. The highest BCUT2D eigenvalue weighted by Gasteiger charge is 2.31. The molecule has 1 saturated heterocycles. The summed E-state index contributed by atoms with van der Waals surface area (Å²) in [5.74, 6) is 0. The first-order valence-electron chi connectivity index (χ1n) is 7.59. The molecule has 1 aliphatic heterocycles. The molecule has 0 N–H and O–H groups in total. The molecule has 2 aromatic rings. The third-order valence-electron chi connectivity index (χ3n) is 3.94. The van der Waals surface area contributed by atoms with Gasteiger partial charge < -0.3 is 14.4 Å². The number of ether oxygens (including phenoxy) is 1. The molecule has 0 radical (unpaired) electrons. The molecule has 2 aromatic carbocycles. The molecule has 0 aromatic heterocycles. The lowest BCUT2D eigenvalue weighted by Gasteiger charge is -2.38. The average molecular weight is 372 g/mol. The van der Waals surface area contributed by atoms with E-state index in [0.29, 0.717) is 13.2 Å². The van der Waals surface area contributed by atoms with Gasteiger partial charge in [0.2, 0.25) is 0 Å². The molecule has 0 saturated carbocycles. The van der Waals surface area contributed by atoms with Gasteiger partial charge in [0, 0.05) is 17.2 Å². The monoisotopic (exact) mass is 371 g/mol. The molecule has 0 bridgehead atoms. The van der Waals surface area contributed by atoms with E-state index in [4.69, 9.17) is 4.74 Å². The number of halogens is 1. The van der Waals surface area contributed by atoms with E-state index < -0.39 is 0 Å². The quantitative estimate of drug-likeness (QED) is 0.758. The van der Waals surface area contributed by atoms with Crippen LogP contribution in [-0.4, -0.2) is 30.4 Å². The standard InChI is InChI=1S/C19H18BrNO2/c20-17-8-6-16(7-9-17)19-18(14-22)21(12-13-23-19)11-10-15-4-2-1-3-5-15/h1-11,14,18-19H,12-13H2. The fourth-order valence-corrected chi connectivity index (χ4v) is 2.99. The topological polar surface area (TPSA) is 29.5 Å². The van der Waals surface area contributed by atoms with E-state index in [1.54, 1.807) is 0 Å². The van der Waals surface area contributed by atoms with Gasteiger partial charge in [0.1, 0.15) is 18.4 Å². The highest BCUT2D eigenvalue weighted by molar-refractivity contribution is 9.10. The van der Waals surface area contributed by atoms with Crippen molar-refractivity contribution >= 4 is 28.3 Å². The predicted molar refractivity (Wildman–Crippen MR) is 94.9 cm³/mol. The van der Waals surface area contributed by atoms with E-state index in [-0.39, 0.29) is 12.1 Å². The second-order valence-electron chi connectivity index (χ2n) is 5.43. The maximum absolute atomic E-state index is 11.7. The van der Waals surface area contributed by atoms with Crippen molar-refractivity contribution in [2.24, 2.45) is 0 Å². The lowest BCUT2D eigenvalue weighted by molar-refractivity contribution is -0.123. The van der Waals surface area contributed by atoms with Crippen molar-refractivity contribution < 1.29 is 9.53 Å². The summed E-state index contributed by atoms with van der Waals surface area (Å²) >= 11 is 3.43. The normalized spacial score (nSPS) is 21.5. The van der Waals surface area contributed by atoms with Crippen LogP contribution in [0.15, 0.2) is 65.3 Å². The Kier molecular flexibility index (Phi) is 5.26. The molecular formula is C19H18BrNO2. The number of hydrogen-bond donors (Lipinski definition) is 0. The molecule has 118 valence electrons. The van der Waals surface area contributed by atoms with Gasteiger partial charge >= 0.3 is 0 Å². The van der Waals surface area contributed by atoms with Gasteiger partial charge in [-0.05, 0) is 29.3 Å². The first kappa shape index (κ1) is 16.0. The summed E-state index contributed by atoms with van der Waals surface area (Å²) in [4.78, 5) is 13.7. The summed E-state index contributed by atoms with van der Waals surface area (Å²) in [6.07, 6.45) is 4.75. The summed E-state index contributed by atoms with van der Waals surface area (Å²) in [5, 5.41) is 0. The van der Waals surface area contributed by atoms with Crippen LogP contribution in [0, 0.1) is 0 Å². The van der Waals surface area contributed by atoms with Crippen LogP contribution in [-0.2, 0) is 9.53 Å². The summed E-state index contributed by atoms with van der Waals surface area (Å²) in [5.41, 5.74) is 2.13. The Labute approximate surface area is 144 Å². The molecule has 0 spiro atoms. The van der Waals surface area contributed by atoms with E-state index in [2.05, 4.69) is 20.8 Å². The molecule has 4 heteroatoms. The van der Waals surface area contributed by atoms with Crippen molar-refractivity contribution in [3.63, 3.8) is 0 Å². The summed E-state index contributed by atoms with van der Waals surface area (Å²) < 4.78 is 6.88. The van der Waals surface area contributed by atoms with Crippen LogP contribution < -0.4 is 0 Å². The smallest absolute Gasteiger partial charge is 0.145 e. The van der Waals surface area contributed by atoms with Crippen LogP contribution in [0.2, 0.25) is 0 Å². The molecule has 2 atom stereocenters. The molecule has 1 aliphatic rings. The SMILES string of the molecule is O=CC1C(c2ccc(Br)cc2)OCCN1C=Cc1ccccc1. The van der Waals surface area contributed by atoms with Gasteiger partial charge in [-0.25, -0.2) is 0 Å². The van der Waals surface area contributed by atoms with Gasteiger partial charge in [0.05, 0.1) is 6.61 Å². The van der Waals surface area contributed by atoms with Gasteiger partial charge in [-0.15, -0.1) is 0 Å². The highest BCUT2D eigenvalue weighted by Crippen LogP contribution is 2.29. The molecule has 3 nitrogen and oxygen atoms in total. The van der Waals surface area contributed by atoms with Crippen LogP contribution >= 0.6 is 15.9 Å². The van der Waals surface area contributed by atoms with Crippen molar-refractivity contribution in [3.05, 3.63) is 76.4 Å². The number of carbonyl (C=O) groups is 1. The maximum Gasteiger partial charge on any atom is 0.145 e. The van der Waals surface area contributed by atoms with E-state index in [9.17, 15) is 4.79 Å². The summed E-state index contributed by atoms with van der Waals surface area (Å²) in [7, 11) is 0. The zero-order valence-corrected chi connectivity index (χ0v) is 14.2. The Hall–Kier alpha value is -1.91. The maximum atomic E-state index is 11.7. The number of hydrogen-bond acceptors (Lipinski definition) is 3. The third kappa shape index (κ3) is 3.89. The Morgan fingerprint density at radius 2 is 1.83 bits per heavy atom. The number of carbonyl (C=O) groups excluding carboxylic acids is 1. The fourth-order valence-electron chi connectivity index (χ4n) is 2.72. The molecule has 3 rings (SSSR count). The molecule has 1 fully saturated rings. The predicted octanol–water partition coefficient (Wildman–Crippen LogP) is 4.06. The third-order valence-corrected chi connectivity index (χ3v) is 4.46. The zero-order valence-electron chi connectivity index (χ0n) is 12.6. The van der Waals surface area contributed by atoms with Crippen LogP contribution in [0.4, 0.5) is 0 Å². The van der Waals surface area contributed by atoms with Gasteiger partial charge in [0.15, 0.2) is 0 Å². The van der Waals surface area contributed by atoms with Crippen LogP contribution in [0.5, 0.6) is 0 Å². The van der Waals surface area contributed by atoms with E-state index in [1.165, 1.54) is 0 Å². The Bertz CT molecular complexity index is 670.